The quantitative estimate of drug-likeness (QED) is 0.220. The van der Waals surface area contributed by atoms with Crippen molar-refractivity contribution in [1.82, 2.24) is 9.80 Å². The molecule has 180 valence electrons. The zero-order valence-corrected chi connectivity index (χ0v) is 19.7. The van der Waals surface area contributed by atoms with Crippen LogP contribution in [0.1, 0.15) is 59.2 Å². The highest BCUT2D eigenvalue weighted by molar-refractivity contribution is 6.26. The smallest absolute Gasteiger partial charge is 0.330 e. The summed E-state index contributed by atoms with van der Waals surface area (Å²) in [5.41, 5.74) is 2.14. The fraction of sp³-hybridized carbons (Fsp3) is 0.444. The van der Waals surface area contributed by atoms with E-state index in [0.29, 0.717) is 24.3 Å². The molecule has 0 atom stereocenters. The molecular weight excluding hydrogens is 430 g/mol. The fourth-order valence-electron chi connectivity index (χ4n) is 4.79. The fourth-order valence-corrected chi connectivity index (χ4v) is 4.79. The van der Waals surface area contributed by atoms with Crippen LogP contribution in [0.4, 0.5) is 5.69 Å². The molecular formula is C27H33N3O4. The van der Waals surface area contributed by atoms with Gasteiger partial charge in [-0.1, -0.05) is 25.1 Å². The maximum absolute atomic E-state index is 13.2. The number of ether oxygens (including phenoxy) is 1. The summed E-state index contributed by atoms with van der Waals surface area (Å²) in [4.78, 5) is 41.2. The van der Waals surface area contributed by atoms with E-state index in [0.717, 1.165) is 68.3 Å². The summed E-state index contributed by atoms with van der Waals surface area (Å²) in [7, 11) is 0. The van der Waals surface area contributed by atoms with E-state index in [2.05, 4.69) is 16.8 Å². The van der Waals surface area contributed by atoms with E-state index >= 15 is 0 Å². The van der Waals surface area contributed by atoms with Gasteiger partial charge in [-0.05, 0) is 63.4 Å². The van der Waals surface area contributed by atoms with Crippen molar-refractivity contribution in [2.45, 2.75) is 38.5 Å². The standard InChI is InChI=1S/C27H33N3O4/c1-2-24(31)34-19-8-4-3-5-14-28-23-13-12-22-25-20(23)10-9-11-21(25)26(32)30(27(22)33)18-17-29-15-6-7-16-29/h2,9-13,28H,1,3-8,14-19H2. The number of carbonyl (C=O) groups is 3. The average Bonchev–Trinajstić information content (AvgIpc) is 3.38. The zero-order valence-electron chi connectivity index (χ0n) is 19.7. The number of unbranched alkanes of at least 4 members (excludes halogenated alkanes) is 3. The molecule has 0 spiro atoms. The van der Waals surface area contributed by atoms with Gasteiger partial charge >= 0.3 is 5.97 Å². The van der Waals surface area contributed by atoms with Crippen molar-refractivity contribution in [3.8, 4) is 0 Å². The van der Waals surface area contributed by atoms with Crippen LogP contribution in [0.15, 0.2) is 43.0 Å². The van der Waals surface area contributed by atoms with E-state index < -0.39 is 0 Å². The summed E-state index contributed by atoms with van der Waals surface area (Å²) in [6.07, 6.45) is 7.35. The number of anilines is 1. The van der Waals surface area contributed by atoms with Gasteiger partial charge in [-0.25, -0.2) is 4.79 Å². The molecule has 2 amide bonds. The molecule has 7 nitrogen and oxygen atoms in total. The number of nitrogens with one attached hydrogen (secondary N) is 1. The molecule has 1 N–H and O–H groups in total. The lowest BCUT2D eigenvalue weighted by Crippen LogP contribution is -2.44. The van der Waals surface area contributed by atoms with Crippen LogP contribution in [0.2, 0.25) is 0 Å². The molecule has 0 aliphatic carbocycles. The van der Waals surface area contributed by atoms with Crippen molar-refractivity contribution in [2.24, 2.45) is 0 Å². The van der Waals surface area contributed by atoms with E-state index in [1.165, 1.54) is 23.8 Å². The number of nitrogens with zero attached hydrogens (tertiary/aromatic N) is 2. The number of likely N-dealkylation sites (tertiary alicyclic amines) is 1. The van der Waals surface area contributed by atoms with E-state index in [1.807, 2.05) is 30.3 Å². The minimum Gasteiger partial charge on any atom is -0.463 e. The van der Waals surface area contributed by atoms with Gasteiger partial charge in [0.1, 0.15) is 0 Å². The maximum atomic E-state index is 13.2. The van der Waals surface area contributed by atoms with Gasteiger partial charge in [-0.15, -0.1) is 0 Å². The van der Waals surface area contributed by atoms with Gasteiger partial charge in [0.2, 0.25) is 0 Å². The third kappa shape index (κ3) is 5.30. The highest BCUT2D eigenvalue weighted by Gasteiger charge is 2.33. The second-order valence-electron chi connectivity index (χ2n) is 8.91. The van der Waals surface area contributed by atoms with Gasteiger partial charge in [0.15, 0.2) is 0 Å². The Bertz CT molecular complexity index is 1050. The molecule has 0 saturated carbocycles. The maximum Gasteiger partial charge on any atom is 0.330 e. The normalized spacial score (nSPS) is 15.7. The summed E-state index contributed by atoms with van der Waals surface area (Å²) in [6.45, 7) is 7.84. The number of hydrogen-bond acceptors (Lipinski definition) is 6. The third-order valence-electron chi connectivity index (χ3n) is 6.63. The van der Waals surface area contributed by atoms with Gasteiger partial charge in [0.25, 0.3) is 11.8 Å². The molecule has 4 rings (SSSR count). The number of hydrogen-bond donors (Lipinski definition) is 1. The summed E-state index contributed by atoms with van der Waals surface area (Å²) in [5.74, 6) is -0.774. The Hall–Kier alpha value is -3.19. The van der Waals surface area contributed by atoms with Crippen LogP contribution in [0, 0.1) is 0 Å². The van der Waals surface area contributed by atoms with E-state index in [4.69, 9.17) is 4.74 Å². The number of amides is 2. The molecule has 0 aromatic heterocycles. The van der Waals surface area contributed by atoms with Crippen LogP contribution in [-0.2, 0) is 9.53 Å². The first-order valence-corrected chi connectivity index (χ1v) is 12.3. The van der Waals surface area contributed by atoms with E-state index in [9.17, 15) is 14.4 Å². The summed E-state index contributed by atoms with van der Waals surface area (Å²) < 4.78 is 4.99. The topological polar surface area (TPSA) is 79.0 Å². The van der Waals surface area contributed by atoms with Crippen molar-refractivity contribution < 1.29 is 19.1 Å². The van der Waals surface area contributed by atoms with Crippen LogP contribution in [-0.4, -0.2) is 66.9 Å². The zero-order chi connectivity index (χ0) is 23.9. The van der Waals surface area contributed by atoms with Gasteiger partial charge < -0.3 is 15.0 Å². The lowest BCUT2D eigenvalue weighted by Gasteiger charge is -2.29. The Morgan fingerprint density at radius 2 is 1.71 bits per heavy atom. The second-order valence-corrected chi connectivity index (χ2v) is 8.91. The minimum absolute atomic E-state index is 0.198. The lowest BCUT2D eigenvalue weighted by atomic mass is 9.93. The number of carbonyl (C=O) groups excluding carboxylic acids is 3. The van der Waals surface area contributed by atoms with Gasteiger partial charge in [0.05, 0.1) is 6.61 Å². The van der Waals surface area contributed by atoms with E-state index in [-0.39, 0.29) is 17.8 Å². The second kappa shape index (κ2) is 11.3. The molecule has 1 saturated heterocycles. The predicted octanol–water partition coefficient (Wildman–Crippen LogP) is 4.23. The molecule has 2 heterocycles. The average molecular weight is 464 g/mol. The Balaban J connectivity index is 1.36. The monoisotopic (exact) mass is 463 g/mol. The Labute approximate surface area is 200 Å². The Morgan fingerprint density at radius 3 is 2.47 bits per heavy atom. The molecule has 2 aromatic carbocycles. The van der Waals surface area contributed by atoms with Crippen molar-refractivity contribution in [1.29, 1.82) is 0 Å². The minimum atomic E-state index is -0.379. The number of rotatable bonds is 12. The SMILES string of the molecule is C=CC(=O)OCCCCCCNc1ccc2c3c(cccc13)C(=O)N(CCN1CCCC1)C2=O. The van der Waals surface area contributed by atoms with Crippen LogP contribution in [0.5, 0.6) is 0 Å². The number of benzene rings is 2. The Kier molecular flexibility index (Phi) is 7.95. The van der Waals surface area contributed by atoms with Crippen molar-refractivity contribution >= 4 is 34.2 Å². The number of imide groups is 1. The van der Waals surface area contributed by atoms with Crippen molar-refractivity contribution in [2.75, 3.05) is 44.6 Å². The molecule has 7 heteroatoms. The van der Waals surface area contributed by atoms with Gasteiger partial charge in [-0.3, -0.25) is 14.5 Å². The molecule has 2 aliphatic rings. The van der Waals surface area contributed by atoms with Crippen LogP contribution < -0.4 is 5.32 Å². The Morgan fingerprint density at radius 1 is 0.971 bits per heavy atom. The molecule has 34 heavy (non-hydrogen) atoms. The third-order valence-corrected chi connectivity index (χ3v) is 6.63. The number of esters is 1. The highest BCUT2D eigenvalue weighted by Crippen LogP contribution is 2.34. The van der Waals surface area contributed by atoms with Crippen LogP contribution in [0.3, 0.4) is 0 Å². The highest BCUT2D eigenvalue weighted by atomic mass is 16.5. The van der Waals surface area contributed by atoms with Gasteiger partial charge in [0, 0.05) is 53.3 Å². The molecule has 0 unspecified atom stereocenters. The lowest BCUT2D eigenvalue weighted by molar-refractivity contribution is -0.137. The van der Waals surface area contributed by atoms with Crippen molar-refractivity contribution in [3.05, 3.63) is 54.1 Å². The first-order valence-electron chi connectivity index (χ1n) is 12.3. The van der Waals surface area contributed by atoms with E-state index in [1.54, 1.807) is 0 Å². The first-order chi connectivity index (χ1) is 16.6. The predicted molar refractivity (Wildman–Crippen MR) is 133 cm³/mol. The molecule has 0 radical (unpaired) electrons. The molecule has 2 aromatic rings. The molecule has 0 bridgehead atoms. The van der Waals surface area contributed by atoms with Gasteiger partial charge in [-0.2, -0.15) is 0 Å². The van der Waals surface area contributed by atoms with Crippen LogP contribution in [0.25, 0.3) is 10.8 Å². The summed E-state index contributed by atoms with van der Waals surface area (Å²) in [6, 6.07) is 9.48. The van der Waals surface area contributed by atoms with Crippen molar-refractivity contribution in [3.63, 3.8) is 0 Å². The molecule has 2 aliphatic heterocycles. The summed E-state index contributed by atoms with van der Waals surface area (Å²) >= 11 is 0. The summed E-state index contributed by atoms with van der Waals surface area (Å²) in [5, 5.41) is 5.13. The molecule has 1 fully saturated rings. The van der Waals surface area contributed by atoms with Crippen LogP contribution >= 0.6 is 0 Å². The first kappa shape index (κ1) is 24.0. The largest absolute Gasteiger partial charge is 0.463 e.